The lowest BCUT2D eigenvalue weighted by Gasteiger charge is -2.17. The summed E-state index contributed by atoms with van der Waals surface area (Å²) in [4.78, 5) is 10.9. The van der Waals surface area contributed by atoms with Crippen LogP contribution in [-0.2, 0) is 5.41 Å². The van der Waals surface area contributed by atoms with Crippen LogP contribution < -0.4 is 0 Å². The molecule has 2 aromatic rings. The van der Waals surface area contributed by atoms with E-state index in [2.05, 4.69) is 15.5 Å². The van der Waals surface area contributed by atoms with Gasteiger partial charge in [0.15, 0.2) is 5.82 Å². The Balaban J connectivity index is 2.55. The molecular weight excluding hydrogens is 268 g/mol. The van der Waals surface area contributed by atoms with E-state index in [1.807, 2.05) is 20.8 Å². The summed E-state index contributed by atoms with van der Waals surface area (Å²) in [6.07, 6.45) is 0. The highest BCUT2D eigenvalue weighted by Gasteiger charge is 2.24. The van der Waals surface area contributed by atoms with E-state index < -0.39 is 5.97 Å². The molecule has 0 bridgehead atoms. The Labute approximate surface area is 115 Å². The minimum Gasteiger partial charge on any atom is -0.478 e. The van der Waals surface area contributed by atoms with E-state index in [1.165, 1.54) is 16.8 Å². The number of hydrogen-bond donors (Lipinski definition) is 1. The summed E-state index contributed by atoms with van der Waals surface area (Å²) >= 11 is 6.11. The van der Waals surface area contributed by atoms with Crippen LogP contribution in [0, 0.1) is 0 Å². The van der Waals surface area contributed by atoms with Gasteiger partial charge in [-0.2, -0.15) is 4.68 Å². The third-order valence-corrected chi connectivity index (χ3v) is 2.87. The van der Waals surface area contributed by atoms with Crippen LogP contribution in [0.5, 0.6) is 0 Å². The summed E-state index contributed by atoms with van der Waals surface area (Å²) in [7, 11) is 0. The average Bonchev–Trinajstić information content (AvgIpc) is 2.77. The molecule has 1 aromatic carbocycles. The van der Waals surface area contributed by atoms with Gasteiger partial charge in [-0.1, -0.05) is 32.4 Å². The predicted octanol–water partition coefficient (Wildman–Crippen LogP) is 2.31. The molecule has 1 N–H and O–H groups in total. The molecule has 100 valence electrons. The van der Waals surface area contributed by atoms with Gasteiger partial charge in [-0.05, 0) is 28.6 Å². The van der Waals surface area contributed by atoms with Gasteiger partial charge < -0.3 is 5.11 Å². The van der Waals surface area contributed by atoms with Crippen LogP contribution in [0.25, 0.3) is 5.69 Å². The van der Waals surface area contributed by atoms with Gasteiger partial charge in [0.1, 0.15) is 0 Å². The number of carbonyl (C=O) groups is 1. The van der Waals surface area contributed by atoms with Crippen molar-refractivity contribution in [2.24, 2.45) is 0 Å². The van der Waals surface area contributed by atoms with E-state index in [-0.39, 0.29) is 16.0 Å². The molecule has 0 aliphatic heterocycles. The summed E-state index contributed by atoms with van der Waals surface area (Å²) in [6.45, 7) is 5.94. The molecule has 0 saturated carbocycles. The lowest BCUT2D eigenvalue weighted by Crippen LogP contribution is -2.19. The number of tetrazole rings is 1. The number of aromatic carboxylic acids is 1. The van der Waals surface area contributed by atoms with Crippen LogP contribution in [0.1, 0.15) is 37.0 Å². The van der Waals surface area contributed by atoms with Crippen LogP contribution in [-0.4, -0.2) is 31.3 Å². The second-order valence-electron chi connectivity index (χ2n) is 5.14. The first-order valence-electron chi connectivity index (χ1n) is 5.63. The number of aromatic nitrogens is 4. The molecule has 0 aliphatic rings. The van der Waals surface area contributed by atoms with Gasteiger partial charge >= 0.3 is 5.97 Å². The molecular formula is C12H13ClN4O2. The van der Waals surface area contributed by atoms with Crippen molar-refractivity contribution in [3.05, 3.63) is 34.6 Å². The minimum absolute atomic E-state index is 0.124. The van der Waals surface area contributed by atoms with Gasteiger partial charge in [0.2, 0.25) is 0 Å². The van der Waals surface area contributed by atoms with E-state index >= 15 is 0 Å². The number of rotatable bonds is 2. The third kappa shape index (κ3) is 2.58. The minimum atomic E-state index is -1.03. The van der Waals surface area contributed by atoms with Crippen molar-refractivity contribution in [1.29, 1.82) is 0 Å². The largest absolute Gasteiger partial charge is 0.478 e. The molecule has 0 amide bonds. The number of halogens is 1. The summed E-state index contributed by atoms with van der Waals surface area (Å²) < 4.78 is 1.52. The van der Waals surface area contributed by atoms with Crippen LogP contribution in [0.3, 0.4) is 0 Å². The maximum Gasteiger partial charge on any atom is 0.335 e. The zero-order valence-electron chi connectivity index (χ0n) is 10.8. The van der Waals surface area contributed by atoms with Crippen LogP contribution in [0.2, 0.25) is 5.02 Å². The van der Waals surface area contributed by atoms with Gasteiger partial charge in [0.05, 0.1) is 16.3 Å². The molecule has 0 unspecified atom stereocenters. The zero-order valence-corrected chi connectivity index (χ0v) is 11.5. The molecule has 0 aliphatic carbocycles. The Kier molecular flexibility index (Phi) is 3.28. The monoisotopic (exact) mass is 280 g/mol. The van der Waals surface area contributed by atoms with Crippen molar-refractivity contribution < 1.29 is 9.90 Å². The Morgan fingerprint density at radius 1 is 1.37 bits per heavy atom. The number of carboxylic acids is 1. The van der Waals surface area contributed by atoms with E-state index in [9.17, 15) is 4.79 Å². The van der Waals surface area contributed by atoms with E-state index in [0.717, 1.165) is 0 Å². The first-order chi connectivity index (χ1) is 8.80. The maximum absolute atomic E-state index is 10.9. The summed E-state index contributed by atoms with van der Waals surface area (Å²) in [5, 5.41) is 20.8. The number of hydrogen-bond acceptors (Lipinski definition) is 4. The van der Waals surface area contributed by atoms with Crippen LogP contribution >= 0.6 is 11.6 Å². The smallest absolute Gasteiger partial charge is 0.335 e. The first kappa shape index (κ1) is 13.5. The normalized spacial score (nSPS) is 11.6. The van der Waals surface area contributed by atoms with Gasteiger partial charge in [0.25, 0.3) is 0 Å². The lowest BCUT2D eigenvalue weighted by atomic mass is 9.96. The van der Waals surface area contributed by atoms with Gasteiger partial charge in [-0.15, -0.1) is 5.10 Å². The highest BCUT2D eigenvalue weighted by molar-refractivity contribution is 6.32. The van der Waals surface area contributed by atoms with E-state index in [1.54, 1.807) is 6.07 Å². The fraction of sp³-hybridized carbons (Fsp3) is 0.333. The van der Waals surface area contributed by atoms with Gasteiger partial charge in [0, 0.05) is 5.41 Å². The Bertz CT molecular complexity index is 631. The Hall–Kier alpha value is -1.95. The quantitative estimate of drug-likeness (QED) is 0.913. The van der Waals surface area contributed by atoms with Crippen molar-refractivity contribution >= 4 is 17.6 Å². The molecule has 1 heterocycles. The SMILES string of the molecule is CC(C)(C)c1nnnn1-c1ccc(C(=O)O)cc1Cl. The molecule has 1 aromatic heterocycles. The first-order valence-corrected chi connectivity index (χ1v) is 6.00. The fourth-order valence-electron chi connectivity index (χ4n) is 1.63. The fourth-order valence-corrected chi connectivity index (χ4v) is 1.89. The molecule has 0 radical (unpaired) electrons. The van der Waals surface area contributed by atoms with Crippen molar-refractivity contribution in [1.82, 2.24) is 20.2 Å². The predicted molar refractivity (Wildman–Crippen MR) is 69.8 cm³/mol. The lowest BCUT2D eigenvalue weighted by molar-refractivity contribution is 0.0697. The van der Waals surface area contributed by atoms with Gasteiger partial charge in [-0.25, -0.2) is 4.79 Å². The summed E-state index contributed by atoms with van der Waals surface area (Å²) in [5.41, 5.74) is 0.430. The standard InChI is InChI=1S/C12H13ClN4O2/c1-12(2,3)11-14-15-16-17(11)9-5-4-7(10(18)19)6-8(9)13/h4-6H,1-3H3,(H,18,19). The Morgan fingerprint density at radius 3 is 2.58 bits per heavy atom. The molecule has 0 atom stereocenters. The third-order valence-electron chi connectivity index (χ3n) is 2.56. The van der Waals surface area contributed by atoms with Crippen molar-refractivity contribution in [3.8, 4) is 5.69 Å². The zero-order chi connectivity index (χ0) is 14.2. The topological polar surface area (TPSA) is 80.9 Å². The van der Waals surface area contributed by atoms with Crippen molar-refractivity contribution in [3.63, 3.8) is 0 Å². The number of benzene rings is 1. The maximum atomic E-state index is 10.9. The molecule has 0 spiro atoms. The molecule has 2 rings (SSSR count). The second kappa shape index (κ2) is 4.62. The van der Waals surface area contributed by atoms with Gasteiger partial charge in [-0.3, -0.25) is 0 Å². The van der Waals surface area contributed by atoms with E-state index in [4.69, 9.17) is 16.7 Å². The summed E-state index contributed by atoms with van der Waals surface area (Å²) in [6, 6.07) is 4.45. The van der Waals surface area contributed by atoms with E-state index in [0.29, 0.717) is 11.5 Å². The van der Waals surface area contributed by atoms with Crippen LogP contribution in [0.4, 0.5) is 0 Å². The highest BCUT2D eigenvalue weighted by atomic mass is 35.5. The molecule has 6 nitrogen and oxygen atoms in total. The number of nitrogens with zero attached hydrogens (tertiary/aromatic N) is 4. The molecule has 0 fully saturated rings. The molecule has 0 saturated heterocycles. The summed E-state index contributed by atoms with van der Waals surface area (Å²) in [5.74, 6) is -0.376. The molecule has 19 heavy (non-hydrogen) atoms. The van der Waals surface area contributed by atoms with Crippen LogP contribution in [0.15, 0.2) is 18.2 Å². The Morgan fingerprint density at radius 2 is 2.05 bits per heavy atom. The number of carboxylic acid groups (broad SMARTS) is 1. The van der Waals surface area contributed by atoms with Crippen molar-refractivity contribution in [2.75, 3.05) is 0 Å². The highest BCUT2D eigenvalue weighted by Crippen LogP contribution is 2.26. The van der Waals surface area contributed by atoms with Crippen molar-refractivity contribution in [2.45, 2.75) is 26.2 Å². The average molecular weight is 281 g/mol. The molecule has 7 heteroatoms. The second-order valence-corrected chi connectivity index (χ2v) is 5.54.